The first-order valence-corrected chi connectivity index (χ1v) is 4.95. The molecule has 0 bridgehead atoms. The number of nitrogens with two attached hydrogens (primary N) is 1. The Kier molecular flexibility index (Phi) is 4.11. The summed E-state index contributed by atoms with van der Waals surface area (Å²) in [6, 6.07) is 5.45. The van der Waals surface area contributed by atoms with Crippen molar-refractivity contribution in [3.8, 4) is 0 Å². The third kappa shape index (κ3) is 4.44. The lowest BCUT2D eigenvalue weighted by molar-refractivity contribution is -0.130. The molecular weight excluding hydrogens is 233 g/mol. The largest absolute Gasteiger partial charge is 0.401 e. The third-order valence-corrected chi connectivity index (χ3v) is 2.20. The molecule has 0 fully saturated rings. The van der Waals surface area contributed by atoms with Crippen molar-refractivity contribution in [2.45, 2.75) is 19.1 Å². The van der Waals surface area contributed by atoms with Gasteiger partial charge in [-0.3, -0.25) is 10.1 Å². The van der Waals surface area contributed by atoms with Crippen LogP contribution in [0.3, 0.4) is 0 Å². The molecule has 94 valence electrons. The summed E-state index contributed by atoms with van der Waals surface area (Å²) in [4.78, 5) is 11.1. The van der Waals surface area contributed by atoms with Crippen molar-refractivity contribution in [1.29, 1.82) is 0 Å². The molecule has 0 radical (unpaired) electrons. The summed E-state index contributed by atoms with van der Waals surface area (Å²) in [6.07, 6.45) is -4.38. The smallest absolute Gasteiger partial charge is 0.368 e. The quantitative estimate of drug-likeness (QED) is 0.849. The van der Waals surface area contributed by atoms with E-state index >= 15 is 0 Å². The maximum absolute atomic E-state index is 12.0. The molecule has 0 aliphatic rings. The lowest BCUT2D eigenvalue weighted by Crippen LogP contribution is -2.38. The van der Waals surface area contributed by atoms with Crippen LogP contribution in [-0.4, -0.2) is 18.6 Å². The summed E-state index contributed by atoms with van der Waals surface area (Å²) in [7, 11) is 0. The lowest BCUT2D eigenvalue weighted by Gasteiger charge is -2.17. The zero-order valence-corrected chi connectivity index (χ0v) is 9.21. The van der Waals surface area contributed by atoms with E-state index in [1.54, 1.807) is 24.3 Å². The van der Waals surface area contributed by atoms with Crippen LogP contribution < -0.4 is 11.1 Å². The van der Waals surface area contributed by atoms with Crippen LogP contribution in [0.1, 0.15) is 17.2 Å². The van der Waals surface area contributed by atoms with Crippen molar-refractivity contribution < 1.29 is 18.0 Å². The summed E-state index contributed by atoms with van der Waals surface area (Å²) >= 11 is 0. The Hall–Kier alpha value is -1.56. The Morgan fingerprint density at radius 3 is 2.29 bits per heavy atom. The van der Waals surface area contributed by atoms with Gasteiger partial charge in [-0.15, -0.1) is 0 Å². The molecule has 0 aliphatic heterocycles. The zero-order chi connectivity index (χ0) is 13.1. The van der Waals surface area contributed by atoms with Crippen molar-refractivity contribution in [2.24, 2.45) is 5.73 Å². The number of hydrogen-bond acceptors (Lipinski definition) is 2. The summed E-state index contributed by atoms with van der Waals surface area (Å²) in [5.74, 6) is -0.835. The number of rotatable bonds is 4. The monoisotopic (exact) mass is 246 g/mol. The lowest BCUT2D eigenvalue weighted by atomic mass is 10.0. The first-order chi connectivity index (χ1) is 7.79. The van der Waals surface area contributed by atoms with Crippen LogP contribution >= 0.6 is 0 Å². The van der Waals surface area contributed by atoms with E-state index in [1.807, 2.05) is 6.92 Å². The Morgan fingerprint density at radius 1 is 1.35 bits per heavy atom. The Morgan fingerprint density at radius 2 is 1.88 bits per heavy atom. The Balaban J connectivity index is 2.79. The number of alkyl halides is 3. The van der Waals surface area contributed by atoms with Gasteiger partial charge in [0.2, 0.25) is 5.91 Å². The van der Waals surface area contributed by atoms with Crippen LogP contribution in [0, 0.1) is 6.92 Å². The number of aryl methyl sites for hydroxylation is 1. The van der Waals surface area contributed by atoms with Gasteiger partial charge in [0.1, 0.15) is 6.04 Å². The highest BCUT2D eigenvalue weighted by atomic mass is 19.4. The second-order valence-corrected chi connectivity index (χ2v) is 3.74. The van der Waals surface area contributed by atoms with Crippen LogP contribution in [0.25, 0.3) is 0 Å². The van der Waals surface area contributed by atoms with Gasteiger partial charge in [-0.05, 0) is 12.5 Å². The van der Waals surface area contributed by atoms with Crippen LogP contribution in [0.5, 0.6) is 0 Å². The van der Waals surface area contributed by atoms with Gasteiger partial charge in [-0.2, -0.15) is 13.2 Å². The van der Waals surface area contributed by atoms with Crippen LogP contribution in [0.4, 0.5) is 13.2 Å². The number of benzene rings is 1. The number of nitrogens with one attached hydrogen (secondary N) is 1. The van der Waals surface area contributed by atoms with Crippen molar-refractivity contribution in [2.75, 3.05) is 6.54 Å². The zero-order valence-electron chi connectivity index (χ0n) is 9.21. The van der Waals surface area contributed by atoms with E-state index < -0.39 is 24.7 Å². The molecule has 1 rings (SSSR count). The van der Waals surface area contributed by atoms with Crippen LogP contribution in [0.15, 0.2) is 24.3 Å². The van der Waals surface area contributed by atoms with Gasteiger partial charge in [0, 0.05) is 0 Å². The molecule has 0 aliphatic carbocycles. The first kappa shape index (κ1) is 13.5. The van der Waals surface area contributed by atoms with Gasteiger partial charge in [-0.25, -0.2) is 0 Å². The van der Waals surface area contributed by atoms with Gasteiger partial charge in [0.15, 0.2) is 0 Å². The van der Waals surface area contributed by atoms with Crippen molar-refractivity contribution in [3.05, 3.63) is 35.4 Å². The SMILES string of the molecule is Cc1ccc(C(NCC(F)(F)F)C(N)=O)cc1. The van der Waals surface area contributed by atoms with Gasteiger partial charge >= 0.3 is 6.18 Å². The maximum atomic E-state index is 12.0. The fourth-order valence-electron chi connectivity index (χ4n) is 1.36. The number of primary amides is 1. The molecule has 0 spiro atoms. The Bertz CT molecular complexity index is 387. The summed E-state index contributed by atoms with van der Waals surface area (Å²) in [6.45, 7) is 0.584. The van der Waals surface area contributed by atoms with E-state index in [9.17, 15) is 18.0 Å². The molecule has 0 saturated heterocycles. The minimum absolute atomic E-state index is 0.423. The fraction of sp³-hybridized carbons (Fsp3) is 0.364. The van der Waals surface area contributed by atoms with E-state index in [1.165, 1.54) is 0 Å². The van der Waals surface area contributed by atoms with E-state index in [0.717, 1.165) is 5.56 Å². The standard InChI is InChI=1S/C11H13F3N2O/c1-7-2-4-8(5-3-7)9(10(15)17)16-6-11(12,13)14/h2-5,9,16H,6H2,1H3,(H2,15,17). The molecule has 0 saturated carbocycles. The molecule has 6 heteroatoms. The molecule has 0 aromatic heterocycles. The highest BCUT2D eigenvalue weighted by Crippen LogP contribution is 2.17. The van der Waals surface area contributed by atoms with Crippen molar-refractivity contribution in [3.63, 3.8) is 0 Å². The van der Waals surface area contributed by atoms with Gasteiger partial charge in [-0.1, -0.05) is 29.8 Å². The van der Waals surface area contributed by atoms with Crippen LogP contribution in [0.2, 0.25) is 0 Å². The van der Waals surface area contributed by atoms with Gasteiger partial charge in [0.25, 0.3) is 0 Å². The second kappa shape index (κ2) is 5.18. The third-order valence-electron chi connectivity index (χ3n) is 2.20. The molecular formula is C11H13F3N2O. The van der Waals surface area contributed by atoms with E-state index in [2.05, 4.69) is 5.32 Å². The highest BCUT2D eigenvalue weighted by Gasteiger charge is 2.29. The van der Waals surface area contributed by atoms with Crippen molar-refractivity contribution >= 4 is 5.91 Å². The van der Waals surface area contributed by atoms with E-state index in [0.29, 0.717) is 5.56 Å². The molecule has 1 unspecified atom stereocenters. The highest BCUT2D eigenvalue weighted by molar-refractivity contribution is 5.81. The predicted octanol–water partition coefficient (Wildman–Crippen LogP) is 1.67. The van der Waals surface area contributed by atoms with Crippen LogP contribution in [-0.2, 0) is 4.79 Å². The number of halogens is 3. The minimum atomic E-state index is -4.38. The fourth-order valence-corrected chi connectivity index (χ4v) is 1.36. The van der Waals surface area contributed by atoms with E-state index in [-0.39, 0.29) is 0 Å². The summed E-state index contributed by atoms with van der Waals surface area (Å²) in [5, 5.41) is 2.10. The molecule has 1 amide bonds. The molecule has 1 aromatic carbocycles. The number of hydrogen-bond donors (Lipinski definition) is 2. The summed E-state index contributed by atoms with van der Waals surface area (Å²) < 4.78 is 36.1. The average molecular weight is 246 g/mol. The molecule has 1 aromatic rings. The summed E-state index contributed by atoms with van der Waals surface area (Å²) in [5.41, 5.74) is 6.44. The number of carbonyl (C=O) groups excluding carboxylic acids is 1. The normalized spacial score (nSPS) is 13.4. The molecule has 1 atom stereocenters. The molecule has 3 nitrogen and oxygen atoms in total. The molecule has 3 N–H and O–H groups in total. The average Bonchev–Trinajstić information content (AvgIpc) is 2.18. The Labute approximate surface area is 96.8 Å². The second-order valence-electron chi connectivity index (χ2n) is 3.74. The molecule has 0 heterocycles. The topological polar surface area (TPSA) is 55.1 Å². The maximum Gasteiger partial charge on any atom is 0.401 e. The first-order valence-electron chi connectivity index (χ1n) is 4.95. The molecule has 17 heavy (non-hydrogen) atoms. The van der Waals surface area contributed by atoms with E-state index in [4.69, 9.17) is 5.73 Å². The van der Waals surface area contributed by atoms with Gasteiger partial charge < -0.3 is 5.73 Å². The number of amides is 1. The van der Waals surface area contributed by atoms with Crippen molar-refractivity contribution in [1.82, 2.24) is 5.32 Å². The minimum Gasteiger partial charge on any atom is -0.368 e. The predicted molar refractivity (Wildman–Crippen MR) is 57.2 cm³/mol. The number of carbonyl (C=O) groups is 1. The van der Waals surface area contributed by atoms with Gasteiger partial charge in [0.05, 0.1) is 6.54 Å².